The summed E-state index contributed by atoms with van der Waals surface area (Å²) in [5.41, 5.74) is 2.13. The normalized spacial score (nSPS) is 15.9. The van der Waals surface area contributed by atoms with Crippen LogP contribution in [0.2, 0.25) is 0 Å². The van der Waals surface area contributed by atoms with Crippen LogP contribution in [-0.4, -0.2) is 10.9 Å². The molecule has 1 aliphatic heterocycles. The number of aromatic nitrogens is 1. The van der Waals surface area contributed by atoms with E-state index in [-0.39, 0.29) is 17.1 Å². The van der Waals surface area contributed by atoms with E-state index < -0.39 is 6.04 Å². The van der Waals surface area contributed by atoms with Crippen molar-refractivity contribution < 1.29 is 9.21 Å². The van der Waals surface area contributed by atoms with Gasteiger partial charge in [-0.3, -0.25) is 14.5 Å². The van der Waals surface area contributed by atoms with Gasteiger partial charge >= 0.3 is 0 Å². The Kier molecular flexibility index (Phi) is 4.45. The maximum Gasteiger partial charge on any atom is 0.297 e. The Labute approximate surface area is 186 Å². The number of hydrogen-bond acceptors (Lipinski definition) is 5. The number of fused-ring (bicyclic) bond motifs is 2. The van der Waals surface area contributed by atoms with Gasteiger partial charge in [-0.15, -0.1) is 11.3 Å². The summed E-state index contributed by atoms with van der Waals surface area (Å²) in [5.74, 6) is -0.288. The first kappa shape index (κ1) is 18.7. The molecule has 0 spiro atoms. The molecular formula is C21H12Br2N2O3S. The summed E-state index contributed by atoms with van der Waals surface area (Å²) in [6.45, 7) is 1.87. The van der Waals surface area contributed by atoms with Gasteiger partial charge in [0, 0.05) is 14.3 Å². The van der Waals surface area contributed by atoms with Gasteiger partial charge in [-0.25, -0.2) is 4.98 Å². The first-order valence-electron chi connectivity index (χ1n) is 8.71. The molecule has 2 aromatic heterocycles. The zero-order chi connectivity index (χ0) is 20.3. The van der Waals surface area contributed by atoms with Crippen molar-refractivity contribution in [1.29, 1.82) is 0 Å². The van der Waals surface area contributed by atoms with E-state index in [1.165, 1.54) is 11.3 Å². The molecule has 5 rings (SSSR count). The summed E-state index contributed by atoms with van der Waals surface area (Å²) in [7, 11) is 0. The molecule has 0 bridgehead atoms. The van der Waals surface area contributed by atoms with Gasteiger partial charge in [-0.05, 0) is 42.8 Å². The molecule has 1 atom stereocenters. The Hall–Kier alpha value is -2.29. The fourth-order valence-corrected chi connectivity index (χ4v) is 5.19. The zero-order valence-corrected chi connectivity index (χ0v) is 19.0. The van der Waals surface area contributed by atoms with Crippen LogP contribution in [0.3, 0.4) is 0 Å². The standard InChI is InChI=1S/C21H12Br2N2O3S/c1-10-9-29-21(24-10)25-17(11-3-2-4-12(22)7-11)16-18(26)14-8-13(23)5-6-15(14)28-19(16)20(25)27/h2-9,17H,1H3. The molecule has 4 aromatic rings. The average molecular weight is 532 g/mol. The van der Waals surface area contributed by atoms with E-state index in [4.69, 9.17) is 4.42 Å². The molecule has 144 valence electrons. The van der Waals surface area contributed by atoms with Crippen LogP contribution in [0.1, 0.15) is 33.4 Å². The fraction of sp³-hybridized carbons (Fsp3) is 0.0952. The number of thiazole rings is 1. The van der Waals surface area contributed by atoms with E-state index in [1.54, 1.807) is 23.1 Å². The van der Waals surface area contributed by atoms with Gasteiger partial charge in [0.2, 0.25) is 5.76 Å². The number of nitrogens with zero attached hydrogens (tertiary/aromatic N) is 2. The quantitative estimate of drug-likeness (QED) is 0.326. The highest BCUT2D eigenvalue weighted by Gasteiger charge is 2.44. The number of carbonyl (C=O) groups is 1. The average Bonchev–Trinajstić information content (AvgIpc) is 3.24. The van der Waals surface area contributed by atoms with Crippen molar-refractivity contribution in [2.24, 2.45) is 0 Å². The first-order valence-corrected chi connectivity index (χ1v) is 11.2. The van der Waals surface area contributed by atoms with Crippen LogP contribution in [0.15, 0.2) is 66.0 Å². The maximum atomic E-state index is 13.5. The van der Waals surface area contributed by atoms with E-state index in [1.807, 2.05) is 36.6 Å². The predicted octanol–water partition coefficient (Wildman–Crippen LogP) is 5.83. The van der Waals surface area contributed by atoms with Crippen molar-refractivity contribution in [3.8, 4) is 0 Å². The molecule has 1 amide bonds. The topological polar surface area (TPSA) is 63.4 Å². The number of anilines is 1. The zero-order valence-electron chi connectivity index (χ0n) is 15.0. The lowest BCUT2D eigenvalue weighted by Crippen LogP contribution is -2.29. The number of hydrogen-bond donors (Lipinski definition) is 0. The lowest BCUT2D eigenvalue weighted by molar-refractivity contribution is 0.0971. The summed E-state index contributed by atoms with van der Waals surface area (Å²) in [6, 6.07) is 12.2. The minimum atomic E-state index is -0.611. The molecule has 5 nitrogen and oxygen atoms in total. The predicted molar refractivity (Wildman–Crippen MR) is 120 cm³/mol. The van der Waals surface area contributed by atoms with Crippen LogP contribution in [0.4, 0.5) is 5.13 Å². The van der Waals surface area contributed by atoms with E-state index in [0.29, 0.717) is 21.7 Å². The Morgan fingerprint density at radius 3 is 2.62 bits per heavy atom. The second kappa shape index (κ2) is 6.90. The Morgan fingerprint density at radius 1 is 1.10 bits per heavy atom. The molecule has 0 aliphatic carbocycles. The lowest BCUT2D eigenvalue weighted by atomic mass is 9.99. The Bertz CT molecular complexity index is 1360. The second-order valence-electron chi connectivity index (χ2n) is 6.72. The summed E-state index contributed by atoms with van der Waals surface area (Å²) in [5, 5.41) is 2.85. The van der Waals surface area contributed by atoms with Crippen LogP contribution in [0, 0.1) is 6.92 Å². The summed E-state index contributed by atoms with van der Waals surface area (Å²) < 4.78 is 7.58. The minimum absolute atomic E-state index is 0.0719. The fourth-order valence-electron chi connectivity index (χ4n) is 3.59. The molecule has 2 aromatic carbocycles. The van der Waals surface area contributed by atoms with Crippen molar-refractivity contribution in [3.05, 3.63) is 89.6 Å². The molecule has 3 heterocycles. The van der Waals surface area contributed by atoms with E-state index >= 15 is 0 Å². The maximum absolute atomic E-state index is 13.5. The molecule has 0 N–H and O–H groups in total. The molecular weight excluding hydrogens is 520 g/mol. The second-order valence-corrected chi connectivity index (χ2v) is 9.39. The smallest absolute Gasteiger partial charge is 0.297 e. The highest BCUT2D eigenvalue weighted by molar-refractivity contribution is 9.10. The number of carbonyl (C=O) groups excluding carboxylic acids is 1. The van der Waals surface area contributed by atoms with E-state index in [9.17, 15) is 9.59 Å². The van der Waals surface area contributed by atoms with E-state index in [2.05, 4.69) is 36.8 Å². The molecule has 29 heavy (non-hydrogen) atoms. The number of amides is 1. The minimum Gasteiger partial charge on any atom is -0.450 e. The Balaban J connectivity index is 1.84. The van der Waals surface area contributed by atoms with Crippen molar-refractivity contribution in [3.63, 3.8) is 0 Å². The molecule has 1 unspecified atom stereocenters. The molecule has 0 saturated carbocycles. The van der Waals surface area contributed by atoms with Crippen LogP contribution in [-0.2, 0) is 0 Å². The van der Waals surface area contributed by atoms with Crippen LogP contribution in [0.5, 0.6) is 0 Å². The summed E-state index contributed by atoms with van der Waals surface area (Å²) in [4.78, 5) is 32.9. The third-order valence-electron chi connectivity index (χ3n) is 4.81. The third kappa shape index (κ3) is 2.97. The van der Waals surface area contributed by atoms with Crippen molar-refractivity contribution in [1.82, 2.24) is 4.98 Å². The highest BCUT2D eigenvalue weighted by Crippen LogP contribution is 2.42. The molecule has 8 heteroatoms. The van der Waals surface area contributed by atoms with Crippen LogP contribution < -0.4 is 10.3 Å². The molecule has 0 radical (unpaired) electrons. The highest BCUT2D eigenvalue weighted by atomic mass is 79.9. The van der Waals surface area contributed by atoms with Gasteiger partial charge in [-0.2, -0.15) is 0 Å². The van der Waals surface area contributed by atoms with Gasteiger partial charge in [0.25, 0.3) is 5.91 Å². The SMILES string of the molecule is Cc1csc(N2C(=O)c3oc4ccc(Br)cc4c(=O)c3C2c2cccc(Br)c2)n1. The van der Waals surface area contributed by atoms with Gasteiger partial charge < -0.3 is 4.42 Å². The van der Waals surface area contributed by atoms with Crippen molar-refractivity contribution in [2.45, 2.75) is 13.0 Å². The van der Waals surface area contributed by atoms with E-state index in [0.717, 1.165) is 20.2 Å². The first-order chi connectivity index (χ1) is 13.9. The van der Waals surface area contributed by atoms with Crippen LogP contribution in [0.25, 0.3) is 11.0 Å². The summed E-state index contributed by atoms with van der Waals surface area (Å²) >= 11 is 8.26. The number of benzene rings is 2. The van der Waals surface area contributed by atoms with Crippen molar-refractivity contribution >= 4 is 65.2 Å². The number of halogens is 2. The number of rotatable bonds is 2. The van der Waals surface area contributed by atoms with Gasteiger partial charge in [-0.1, -0.05) is 44.0 Å². The monoisotopic (exact) mass is 530 g/mol. The third-order valence-corrected chi connectivity index (χ3v) is 6.75. The van der Waals surface area contributed by atoms with Crippen molar-refractivity contribution in [2.75, 3.05) is 4.90 Å². The molecule has 1 aliphatic rings. The molecule has 0 fully saturated rings. The lowest BCUT2D eigenvalue weighted by Gasteiger charge is -2.22. The van der Waals surface area contributed by atoms with Crippen LogP contribution >= 0.6 is 43.2 Å². The number of aryl methyl sites for hydroxylation is 1. The van der Waals surface area contributed by atoms with Gasteiger partial charge in [0.15, 0.2) is 10.6 Å². The summed E-state index contributed by atoms with van der Waals surface area (Å²) in [6.07, 6.45) is 0. The largest absolute Gasteiger partial charge is 0.450 e. The van der Waals surface area contributed by atoms with Gasteiger partial charge in [0.1, 0.15) is 5.58 Å². The van der Waals surface area contributed by atoms with Gasteiger partial charge in [0.05, 0.1) is 22.7 Å². The molecule has 0 saturated heterocycles. The Morgan fingerprint density at radius 2 is 1.90 bits per heavy atom.